The second-order valence-electron chi connectivity index (χ2n) is 21.1. The Morgan fingerprint density at radius 3 is 1.32 bits per heavy atom. The van der Waals surface area contributed by atoms with E-state index in [9.17, 15) is 61.0 Å². The fraction of sp³-hybridized carbons (Fsp3) is 0.845. The molecule has 0 aromatic carbocycles. The molecule has 0 saturated carbocycles. The summed E-state index contributed by atoms with van der Waals surface area (Å²) < 4.78 is 34.2. The maximum atomic E-state index is 13.3. The van der Waals surface area contributed by atoms with Gasteiger partial charge in [0.05, 0.1) is 38.6 Å². The molecule has 17 atom stereocenters. The first-order valence-electron chi connectivity index (χ1n) is 29.4. The van der Waals surface area contributed by atoms with E-state index in [1.165, 1.54) is 89.9 Å². The van der Waals surface area contributed by atoms with Gasteiger partial charge in [0, 0.05) is 6.42 Å². The van der Waals surface area contributed by atoms with E-state index < -0.39 is 124 Å². The summed E-state index contributed by atoms with van der Waals surface area (Å²) in [6, 6.07) is -0.996. The summed E-state index contributed by atoms with van der Waals surface area (Å²) in [6.45, 7) is 1.63. The minimum Gasteiger partial charge on any atom is -0.394 e. The number of aliphatic hydroxyl groups is 11. The Hall–Kier alpha value is -2.25. The number of hydrogen-bond donors (Lipinski definition) is 12. The standard InChI is InChI=1S/C58H103NO18/c1-3-5-7-9-11-13-15-17-18-19-20-21-22-24-26-28-30-32-34-36-46(64)59-41(42(63)35-33-31-29-27-25-23-16-14-12-10-8-6-4-2)40-72-56-52(70)49(67)54(44(38-61)74-56)77-58-53(71)50(68)55(45(39-62)75-58)76-57-51(69)48(66)47(65)43(37-60)73-57/h12,14,17-18,25,27,33,35,41-45,47-58,60-63,65-71H,3-11,13,15-16,19-24,26,28-32,34,36-40H2,1-2H3,(H,59,64)/b14-12+,18-17-,27-25+,35-33+. The SMILES string of the molecule is CCCCC/C=C/CC/C=C/CC/C=C/C(O)C(COC1OC(CO)C(OC2OC(CO)C(OC3OC(CO)C(O)C(O)C3O)C(O)C2O)C(O)C1O)NC(=O)CCCCCCCCCCC/C=C\CCCCCCCC. The molecule has 0 bridgehead atoms. The normalized spacial score (nSPS) is 31.1. The molecule has 3 fully saturated rings. The van der Waals surface area contributed by atoms with E-state index >= 15 is 0 Å². The van der Waals surface area contributed by atoms with Gasteiger partial charge in [-0.3, -0.25) is 4.79 Å². The summed E-state index contributed by atoms with van der Waals surface area (Å²) in [5, 5.41) is 120. The Balaban J connectivity index is 1.51. The lowest BCUT2D eigenvalue weighted by molar-refractivity contribution is -0.379. The highest BCUT2D eigenvalue weighted by molar-refractivity contribution is 5.76. The highest BCUT2D eigenvalue weighted by atomic mass is 16.8. The van der Waals surface area contributed by atoms with Crippen molar-refractivity contribution < 1.29 is 89.4 Å². The van der Waals surface area contributed by atoms with Gasteiger partial charge in [-0.15, -0.1) is 0 Å². The lowest BCUT2D eigenvalue weighted by atomic mass is 9.96. The lowest BCUT2D eigenvalue weighted by Crippen LogP contribution is -2.66. The van der Waals surface area contributed by atoms with Gasteiger partial charge in [0.1, 0.15) is 73.2 Å². The van der Waals surface area contributed by atoms with Gasteiger partial charge in [0.15, 0.2) is 18.9 Å². The van der Waals surface area contributed by atoms with Crippen LogP contribution in [0.3, 0.4) is 0 Å². The molecule has 0 radical (unpaired) electrons. The number of hydrogen-bond acceptors (Lipinski definition) is 18. The Labute approximate surface area is 459 Å². The van der Waals surface area contributed by atoms with Gasteiger partial charge < -0.3 is 89.9 Å². The lowest BCUT2D eigenvalue weighted by Gasteiger charge is -2.48. The van der Waals surface area contributed by atoms with Gasteiger partial charge in [0.2, 0.25) is 5.91 Å². The van der Waals surface area contributed by atoms with Crippen LogP contribution in [0.2, 0.25) is 0 Å². The van der Waals surface area contributed by atoms with Crippen molar-refractivity contribution in [3.63, 3.8) is 0 Å². The van der Waals surface area contributed by atoms with Gasteiger partial charge in [-0.05, 0) is 70.6 Å². The average Bonchev–Trinajstić information content (AvgIpc) is 3.43. The maximum Gasteiger partial charge on any atom is 0.220 e. The van der Waals surface area contributed by atoms with Crippen molar-refractivity contribution in [2.75, 3.05) is 26.4 Å². The molecule has 19 nitrogen and oxygen atoms in total. The van der Waals surface area contributed by atoms with Crippen LogP contribution in [0.25, 0.3) is 0 Å². The number of rotatable bonds is 42. The number of amides is 1. The van der Waals surface area contributed by atoms with Crippen LogP contribution in [0, 0.1) is 0 Å². The molecule has 17 unspecified atom stereocenters. The number of ether oxygens (including phenoxy) is 6. The second kappa shape index (κ2) is 41.7. The quantitative estimate of drug-likeness (QED) is 0.0291. The van der Waals surface area contributed by atoms with Crippen LogP contribution in [0.1, 0.15) is 181 Å². The molecule has 12 N–H and O–H groups in total. The third-order valence-electron chi connectivity index (χ3n) is 14.6. The highest BCUT2D eigenvalue weighted by Crippen LogP contribution is 2.33. The van der Waals surface area contributed by atoms with Gasteiger partial charge >= 0.3 is 0 Å². The molecule has 3 rings (SSSR count). The van der Waals surface area contributed by atoms with Crippen LogP contribution in [-0.2, 0) is 33.2 Å². The number of nitrogens with one attached hydrogen (secondary N) is 1. The first kappa shape index (κ1) is 69.0. The molecular formula is C58H103NO18. The van der Waals surface area contributed by atoms with Crippen LogP contribution in [0.15, 0.2) is 48.6 Å². The van der Waals surface area contributed by atoms with Crippen LogP contribution in [0.5, 0.6) is 0 Å². The molecule has 77 heavy (non-hydrogen) atoms. The van der Waals surface area contributed by atoms with Crippen LogP contribution in [0.4, 0.5) is 0 Å². The van der Waals surface area contributed by atoms with Crippen molar-refractivity contribution in [2.24, 2.45) is 0 Å². The van der Waals surface area contributed by atoms with Crippen molar-refractivity contribution >= 4 is 5.91 Å². The average molecular weight is 1100 g/mol. The number of allylic oxidation sites excluding steroid dienone is 7. The largest absolute Gasteiger partial charge is 0.394 e. The Morgan fingerprint density at radius 2 is 0.831 bits per heavy atom. The van der Waals surface area contributed by atoms with Crippen molar-refractivity contribution in [1.82, 2.24) is 5.32 Å². The predicted molar refractivity (Wildman–Crippen MR) is 291 cm³/mol. The van der Waals surface area contributed by atoms with E-state index in [1.807, 2.05) is 6.08 Å². The predicted octanol–water partition coefficient (Wildman–Crippen LogP) is 4.70. The molecule has 0 aromatic rings. The minimum absolute atomic E-state index is 0.229. The maximum absolute atomic E-state index is 13.3. The number of carbonyl (C=O) groups excluding carboxylic acids is 1. The van der Waals surface area contributed by atoms with Crippen molar-refractivity contribution in [3.8, 4) is 0 Å². The third kappa shape index (κ3) is 26.0. The number of unbranched alkanes of at least 4 members (excludes halogenated alkanes) is 20. The zero-order chi connectivity index (χ0) is 56.2. The molecule has 0 aromatic heterocycles. The zero-order valence-corrected chi connectivity index (χ0v) is 46.4. The first-order chi connectivity index (χ1) is 37.3. The van der Waals surface area contributed by atoms with E-state index in [2.05, 4.69) is 55.6 Å². The first-order valence-corrected chi connectivity index (χ1v) is 29.4. The second-order valence-corrected chi connectivity index (χ2v) is 21.1. The summed E-state index contributed by atoms with van der Waals surface area (Å²) in [7, 11) is 0. The smallest absolute Gasteiger partial charge is 0.220 e. The highest BCUT2D eigenvalue weighted by Gasteiger charge is 2.53. The van der Waals surface area contributed by atoms with Gasteiger partial charge in [0.25, 0.3) is 0 Å². The molecule has 3 aliphatic heterocycles. The number of aliphatic hydroxyl groups excluding tert-OH is 11. The van der Waals surface area contributed by atoms with E-state index in [4.69, 9.17) is 28.4 Å². The van der Waals surface area contributed by atoms with Crippen molar-refractivity contribution in [3.05, 3.63) is 48.6 Å². The van der Waals surface area contributed by atoms with E-state index in [0.29, 0.717) is 12.8 Å². The molecule has 0 aliphatic carbocycles. The van der Waals surface area contributed by atoms with Gasteiger partial charge in [-0.1, -0.05) is 152 Å². The summed E-state index contributed by atoms with van der Waals surface area (Å²) in [5.41, 5.74) is 0. The molecule has 3 aliphatic rings. The molecule has 3 heterocycles. The van der Waals surface area contributed by atoms with Crippen LogP contribution >= 0.6 is 0 Å². The zero-order valence-electron chi connectivity index (χ0n) is 46.4. The van der Waals surface area contributed by atoms with Crippen molar-refractivity contribution in [2.45, 2.75) is 285 Å². The summed E-state index contributed by atoms with van der Waals surface area (Å²) in [6.07, 6.45) is 18.1. The van der Waals surface area contributed by atoms with Crippen LogP contribution < -0.4 is 5.32 Å². The summed E-state index contributed by atoms with van der Waals surface area (Å²) >= 11 is 0. The fourth-order valence-electron chi connectivity index (χ4n) is 9.69. The van der Waals surface area contributed by atoms with Gasteiger partial charge in [-0.2, -0.15) is 0 Å². The molecule has 0 spiro atoms. The topological polar surface area (TPSA) is 307 Å². The number of carbonyl (C=O) groups is 1. The monoisotopic (exact) mass is 1100 g/mol. The van der Waals surface area contributed by atoms with Gasteiger partial charge in [-0.25, -0.2) is 0 Å². The summed E-state index contributed by atoms with van der Waals surface area (Å²) in [5.74, 6) is -0.295. The summed E-state index contributed by atoms with van der Waals surface area (Å²) in [4.78, 5) is 13.3. The Kier molecular flexibility index (Phi) is 37.4. The molecule has 19 heteroatoms. The van der Waals surface area contributed by atoms with Crippen LogP contribution in [-0.4, -0.2) is 193 Å². The minimum atomic E-state index is -1.98. The van der Waals surface area contributed by atoms with E-state index in [0.717, 1.165) is 57.8 Å². The third-order valence-corrected chi connectivity index (χ3v) is 14.6. The van der Waals surface area contributed by atoms with E-state index in [1.54, 1.807) is 6.08 Å². The Morgan fingerprint density at radius 1 is 0.455 bits per heavy atom. The molecule has 1 amide bonds. The molecular weight excluding hydrogens is 999 g/mol. The Bertz CT molecular complexity index is 1600. The van der Waals surface area contributed by atoms with E-state index in [-0.39, 0.29) is 18.9 Å². The van der Waals surface area contributed by atoms with Crippen molar-refractivity contribution in [1.29, 1.82) is 0 Å². The fourth-order valence-corrected chi connectivity index (χ4v) is 9.69. The molecule has 3 saturated heterocycles. The molecule has 448 valence electrons.